The van der Waals surface area contributed by atoms with E-state index in [1.165, 1.54) is 0 Å². The number of nitrogens with zero attached hydrogens (tertiary/aromatic N) is 1. The van der Waals surface area contributed by atoms with Gasteiger partial charge in [0.05, 0.1) is 4.90 Å². The smallest absolute Gasteiger partial charge is 0.243 e. The Labute approximate surface area is 117 Å². The van der Waals surface area contributed by atoms with Gasteiger partial charge < -0.3 is 5.32 Å². The van der Waals surface area contributed by atoms with Gasteiger partial charge in [-0.3, -0.25) is 0 Å². The largest absolute Gasteiger partial charge is 0.314 e. The van der Waals surface area contributed by atoms with Crippen molar-refractivity contribution in [2.24, 2.45) is 0 Å². The molecule has 1 atom stereocenters. The molecule has 4 nitrogen and oxygen atoms in total. The van der Waals surface area contributed by atoms with Crippen molar-refractivity contribution in [2.45, 2.75) is 24.8 Å². The molecule has 6 heteroatoms. The summed E-state index contributed by atoms with van der Waals surface area (Å²) in [5.74, 6) is 0. The van der Waals surface area contributed by atoms with Gasteiger partial charge in [-0.2, -0.15) is 4.31 Å². The van der Waals surface area contributed by atoms with Gasteiger partial charge in [0.2, 0.25) is 10.0 Å². The highest BCUT2D eigenvalue weighted by Crippen LogP contribution is 2.24. The van der Waals surface area contributed by atoms with Gasteiger partial charge in [-0.15, -0.1) is 0 Å². The zero-order chi connectivity index (χ0) is 13.3. The highest BCUT2D eigenvalue weighted by molar-refractivity contribution is 9.10. The fourth-order valence-electron chi connectivity index (χ4n) is 2.21. The molecule has 0 aliphatic carbocycles. The second-order valence-corrected chi connectivity index (χ2v) is 7.35. The van der Waals surface area contributed by atoms with Gasteiger partial charge in [0.1, 0.15) is 0 Å². The van der Waals surface area contributed by atoms with E-state index in [0.717, 1.165) is 10.0 Å². The van der Waals surface area contributed by atoms with E-state index < -0.39 is 10.0 Å². The van der Waals surface area contributed by atoms with Crippen molar-refractivity contribution in [2.75, 3.05) is 19.6 Å². The zero-order valence-electron chi connectivity index (χ0n) is 10.5. The number of rotatable bonds is 2. The molecule has 0 bridgehead atoms. The van der Waals surface area contributed by atoms with Crippen LogP contribution in [0.25, 0.3) is 0 Å². The lowest BCUT2D eigenvalue weighted by Gasteiger charge is -2.33. The van der Waals surface area contributed by atoms with Gasteiger partial charge >= 0.3 is 0 Å². The van der Waals surface area contributed by atoms with Crippen LogP contribution in [-0.4, -0.2) is 38.4 Å². The highest BCUT2D eigenvalue weighted by atomic mass is 79.9. The van der Waals surface area contributed by atoms with Crippen molar-refractivity contribution in [1.29, 1.82) is 0 Å². The summed E-state index contributed by atoms with van der Waals surface area (Å²) in [7, 11) is -3.39. The summed E-state index contributed by atoms with van der Waals surface area (Å²) in [4.78, 5) is 0.402. The number of hydrogen-bond donors (Lipinski definition) is 1. The molecule has 100 valence electrons. The quantitative estimate of drug-likeness (QED) is 0.897. The van der Waals surface area contributed by atoms with Gasteiger partial charge in [-0.25, -0.2) is 8.42 Å². The molecule has 0 radical (unpaired) electrons. The van der Waals surface area contributed by atoms with Crippen LogP contribution in [0.2, 0.25) is 0 Å². The Morgan fingerprint density at radius 1 is 1.44 bits per heavy atom. The summed E-state index contributed by atoms with van der Waals surface area (Å²) in [6, 6.07) is 5.27. The average molecular weight is 333 g/mol. The zero-order valence-corrected chi connectivity index (χ0v) is 12.9. The number of hydrogen-bond acceptors (Lipinski definition) is 3. The summed E-state index contributed by atoms with van der Waals surface area (Å²) in [6.45, 7) is 5.69. The molecule has 0 aromatic heterocycles. The van der Waals surface area contributed by atoms with Crippen LogP contribution in [0, 0.1) is 6.92 Å². The van der Waals surface area contributed by atoms with E-state index in [2.05, 4.69) is 21.2 Å². The monoisotopic (exact) mass is 332 g/mol. The molecule has 1 N–H and O–H groups in total. The molecule has 0 saturated carbocycles. The fourth-order valence-corrected chi connectivity index (χ4v) is 4.52. The van der Waals surface area contributed by atoms with E-state index in [1.807, 2.05) is 19.9 Å². The molecule has 1 aliphatic heterocycles. The SMILES string of the molecule is Cc1cc(Br)ccc1S(=O)(=O)N1CCNCC1C. The van der Waals surface area contributed by atoms with Crippen molar-refractivity contribution in [3.05, 3.63) is 28.2 Å². The first-order valence-electron chi connectivity index (χ1n) is 5.91. The van der Waals surface area contributed by atoms with Crippen LogP contribution in [-0.2, 0) is 10.0 Å². The Kier molecular flexibility index (Phi) is 4.11. The Bertz CT molecular complexity index is 545. The number of piperazine rings is 1. The van der Waals surface area contributed by atoms with Gasteiger partial charge in [-0.05, 0) is 37.6 Å². The van der Waals surface area contributed by atoms with Crippen LogP contribution in [0.5, 0.6) is 0 Å². The third kappa shape index (κ3) is 2.61. The number of aryl methyl sites for hydroxylation is 1. The van der Waals surface area contributed by atoms with Crippen LogP contribution in [0.1, 0.15) is 12.5 Å². The second-order valence-electron chi connectivity index (χ2n) is 4.58. The second kappa shape index (κ2) is 5.28. The van der Waals surface area contributed by atoms with Crippen LogP contribution in [0.3, 0.4) is 0 Å². The van der Waals surface area contributed by atoms with E-state index in [-0.39, 0.29) is 6.04 Å². The molecule has 2 rings (SSSR count). The first kappa shape index (κ1) is 14.0. The van der Waals surface area contributed by atoms with Crippen molar-refractivity contribution in [3.63, 3.8) is 0 Å². The van der Waals surface area contributed by atoms with Crippen LogP contribution >= 0.6 is 15.9 Å². The maximum atomic E-state index is 12.6. The number of benzene rings is 1. The van der Waals surface area contributed by atoms with Gasteiger partial charge in [0.15, 0.2) is 0 Å². The average Bonchev–Trinajstić information content (AvgIpc) is 2.28. The first-order chi connectivity index (χ1) is 8.43. The highest BCUT2D eigenvalue weighted by Gasteiger charge is 2.31. The van der Waals surface area contributed by atoms with E-state index in [4.69, 9.17) is 0 Å². The van der Waals surface area contributed by atoms with E-state index in [1.54, 1.807) is 16.4 Å². The van der Waals surface area contributed by atoms with Crippen LogP contribution in [0.4, 0.5) is 0 Å². The Morgan fingerprint density at radius 3 is 2.78 bits per heavy atom. The molecule has 1 saturated heterocycles. The minimum absolute atomic E-state index is 0.00760. The van der Waals surface area contributed by atoms with E-state index >= 15 is 0 Å². The third-order valence-electron chi connectivity index (χ3n) is 3.16. The minimum atomic E-state index is -3.39. The lowest BCUT2D eigenvalue weighted by molar-refractivity contribution is 0.283. The number of nitrogens with one attached hydrogen (secondary N) is 1. The van der Waals surface area contributed by atoms with Gasteiger partial charge in [-0.1, -0.05) is 15.9 Å². The van der Waals surface area contributed by atoms with Crippen LogP contribution < -0.4 is 5.32 Å². The predicted molar refractivity (Wildman–Crippen MR) is 75.1 cm³/mol. The molecule has 1 heterocycles. The maximum Gasteiger partial charge on any atom is 0.243 e. The van der Waals surface area contributed by atoms with Crippen molar-refractivity contribution in [3.8, 4) is 0 Å². The summed E-state index contributed by atoms with van der Waals surface area (Å²) >= 11 is 3.35. The molecule has 1 aliphatic rings. The molecule has 0 amide bonds. The Morgan fingerprint density at radius 2 is 2.17 bits per heavy atom. The van der Waals surface area contributed by atoms with Gasteiger partial charge in [0.25, 0.3) is 0 Å². The van der Waals surface area contributed by atoms with Gasteiger partial charge in [0, 0.05) is 30.1 Å². The lowest BCUT2D eigenvalue weighted by atomic mass is 10.2. The van der Waals surface area contributed by atoms with Crippen molar-refractivity contribution >= 4 is 26.0 Å². The molecule has 1 aromatic carbocycles. The standard InChI is InChI=1S/C12H17BrN2O2S/c1-9-7-11(13)3-4-12(9)18(16,17)15-6-5-14-8-10(15)2/h3-4,7,10,14H,5-6,8H2,1-2H3. The Balaban J connectivity index is 2.41. The number of sulfonamides is 1. The third-order valence-corrected chi connectivity index (χ3v) is 5.83. The molecule has 1 aromatic rings. The normalized spacial score (nSPS) is 22.1. The molecule has 18 heavy (non-hydrogen) atoms. The van der Waals surface area contributed by atoms with E-state index in [0.29, 0.717) is 24.5 Å². The van der Waals surface area contributed by atoms with Crippen molar-refractivity contribution in [1.82, 2.24) is 9.62 Å². The molecule has 1 unspecified atom stereocenters. The van der Waals surface area contributed by atoms with Crippen LogP contribution in [0.15, 0.2) is 27.6 Å². The van der Waals surface area contributed by atoms with E-state index in [9.17, 15) is 8.42 Å². The predicted octanol–water partition coefficient (Wildman–Crippen LogP) is 1.74. The summed E-state index contributed by atoms with van der Waals surface area (Å²) < 4.78 is 27.7. The molecular formula is C12H17BrN2O2S. The molecule has 0 spiro atoms. The summed E-state index contributed by atoms with van der Waals surface area (Å²) in [6.07, 6.45) is 0. The molecular weight excluding hydrogens is 316 g/mol. The van der Waals surface area contributed by atoms with Crippen molar-refractivity contribution < 1.29 is 8.42 Å². The topological polar surface area (TPSA) is 49.4 Å². The number of halogens is 1. The molecule has 1 fully saturated rings. The summed E-state index contributed by atoms with van der Waals surface area (Å²) in [5, 5.41) is 3.20. The minimum Gasteiger partial charge on any atom is -0.314 e. The lowest BCUT2D eigenvalue weighted by Crippen LogP contribution is -2.52. The fraction of sp³-hybridized carbons (Fsp3) is 0.500. The first-order valence-corrected chi connectivity index (χ1v) is 8.15. The Hall–Kier alpha value is -0.430. The summed E-state index contributed by atoms with van der Waals surface area (Å²) in [5.41, 5.74) is 0.773. The maximum absolute atomic E-state index is 12.6.